The Balaban J connectivity index is 2.66. The smallest absolute Gasteiger partial charge is 0.287 e. The van der Waals surface area contributed by atoms with Crippen LogP contribution in [-0.4, -0.2) is 47.5 Å². The molecule has 2 rings (SSSR count). The zero-order valence-corrected chi connectivity index (χ0v) is 15.6. The van der Waals surface area contributed by atoms with Gasteiger partial charge in [-0.15, -0.1) is 0 Å². The van der Waals surface area contributed by atoms with Gasteiger partial charge in [-0.2, -0.15) is 65.9 Å². The molecule has 0 amide bonds. The van der Waals surface area contributed by atoms with Gasteiger partial charge < -0.3 is 0 Å². The Morgan fingerprint density at radius 3 is 1.41 bits per heavy atom. The molecule has 1 nitrogen and oxygen atoms in total. The third-order valence-corrected chi connectivity index (χ3v) is 4.65. The highest BCUT2D eigenvalue weighted by atomic mass is 19.4. The summed E-state index contributed by atoms with van der Waals surface area (Å²) in [5.74, 6) is -51.4. The Kier molecular flexibility index (Phi) is 6.21. The van der Waals surface area contributed by atoms with Crippen LogP contribution in [-0.2, 0) is 0 Å². The van der Waals surface area contributed by atoms with Crippen LogP contribution in [0.15, 0.2) is 42.5 Å². The SMILES string of the molecule is O=C(c1cccc2ccccc12)C(F)(F)C(F)(F)C(F)(F)C(F)(F)C(F)(F)C(F)(F)C(F)(F)F. The summed E-state index contributed by atoms with van der Waals surface area (Å²) in [6.45, 7) is 0. The Labute approximate surface area is 178 Å². The summed E-state index contributed by atoms with van der Waals surface area (Å²) in [4.78, 5) is 12.0. The van der Waals surface area contributed by atoms with Crippen molar-refractivity contribution in [3.05, 3.63) is 48.0 Å². The average Bonchev–Trinajstić information content (AvgIpc) is 2.71. The van der Waals surface area contributed by atoms with Crippen molar-refractivity contribution >= 4 is 16.6 Å². The van der Waals surface area contributed by atoms with E-state index >= 15 is 0 Å². The van der Waals surface area contributed by atoms with E-state index in [1.807, 2.05) is 0 Å². The number of carbonyl (C=O) groups is 1. The number of rotatable bonds is 7. The Bertz CT molecular complexity index is 1080. The van der Waals surface area contributed by atoms with Crippen LogP contribution in [0.5, 0.6) is 0 Å². The van der Waals surface area contributed by atoms with Gasteiger partial charge in [0.1, 0.15) is 0 Å². The maximum absolute atomic E-state index is 14.2. The molecule has 190 valence electrons. The third-order valence-electron chi connectivity index (χ3n) is 4.65. The van der Waals surface area contributed by atoms with Gasteiger partial charge in [0, 0.05) is 5.56 Å². The molecule has 0 spiro atoms. The molecule has 0 radical (unpaired) electrons. The van der Waals surface area contributed by atoms with Gasteiger partial charge in [0.25, 0.3) is 0 Å². The fourth-order valence-electron chi connectivity index (χ4n) is 2.70. The van der Waals surface area contributed by atoms with Crippen molar-refractivity contribution in [2.45, 2.75) is 41.7 Å². The standard InChI is InChI=1S/C18H7F15O/c19-12(20,11(34)10-7-3-5-8-4-1-2-6-9(8)10)13(21,22)14(23,24)15(25,26)16(27,28)17(29,30)18(31,32)33/h1-7H. The third kappa shape index (κ3) is 3.47. The highest BCUT2D eigenvalue weighted by molar-refractivity contribution is 6.11. The highest BCUT2D eigenvalue weighted by Crippen LogP contribution is 2.62. The molecule has 16 heteroatoms. The van der Waals surface area contributed by atoms with Crippen LogP contribution in [0.25, 0.3) is 10.8 Å². The van der Waals surface area contributed by atoms with Crippen LogP contribution in [0.1, 0.15) is 10.4 Å². The predicted molar refractivity (Wildman–Crippen MR) is 84.0 cm³/mol. The van der Waals surface area contributed by atoms with Crippen LogP contribution < -0.4 is 0 Å². The number of carbonyl (C=O) groups excluding carboxylic acids is 1. The van der Waals surface area contributed by atoms with E-state index in [2.05, 4.69) is 0 Å². The lowest BCUT2D eigenvalue weighted by Gasteiger charge is -2.41. The van der Waals surface area contributed by atoms with Crippen molar-refractivity contribution in [2.75, 3.05) is 0 Å². The lowest BCUT2D eigenvalue weighted by molar-refractivity contribution is -0.449. The largest absolute Gasteiger partial charge is 0.460 e. The molecule has 2 aromatic carbocycles. The fraction of sp³-hybridized carbons (Fsp3) is 0.389. The zero-order chi connectivity index (χ0) is 26.8. The topological polar surface area (TPSA) is 17.1 Å². The van der Waals surface area contributed by atoms with Gasteiger partial charge >= 0.3 is 41.7 Å². The summed E-state index contributed by atoms with van der Waals surface area (Å²) >= 11 is 0. The lowest BCUT2D eigenvalue weighted by Crippen LogP contribution is -2.73. The molecule has 0 unspecified atom stereocenters. The predicted octanol–water partition coefficient (Wildman–Crippen LogP) is 7.40. The van der Waals surface area contributed by atoms with Gasteiger partial charge in [-0.1, -0.05) is 42.5 Å². The van der Waals surface area contributed by atoms with Gasteiger partial charge in [0.2, 0.25) is 5.78 Å². The van der Waals surface area contributed by atoms with Crippen molar-refractivity contribution in [2.24, 2.45) is 0 Å². The van der Waals surface area contributed by atoms with Crippen LogP contribution in [0.4, 0.5) is 65.9 Å². The Hall–Kier alpha value is -2.68. The zero-order valence-electron chi connectivity index (χ0n) is 15.6. The van der Waals surface area contributed by atoms with Crippen molar-refractivity contribution in [3.63, 3.8) is 0 Å². The van der Waals surface area contributed by atoms with E-state index in [4.69, 9.17) is 0 Å². The van der Waals surface area contributed by atoms with Gasteiger partial charge in [-0.05, 0) is 10.8 Å². The van der Waals surface area contributed by atoms with E-state index < -0.39 is 58.4 Å². The van der Waals surface area contributed by atoms with E-state index in [0.717, 1.165) is 30.3 Å². The molecule has 0 atom stereocenters. The first-order valence-electron chi connectivity index (χ1n) is 8.36. The molecule has 0 saturated heterocycles. The van der Waals surface area contributed by atoms with E-state index in [9.17, 15) is 70.7 Å². The first kappa shape index (κ1) is 27.6. The normalized spacial score (nSPS) is 15.0. The minimum absolute atomic E-state index is 0.138. The molecule has 0 heterocycles. The summed E-state index contributed by atoms with van der Waals surface area (Å²) in [5, 5.41) is -0.754. The minimum atomic E-state index is -8.44. The second-order valence-electron chi connectivity index (χ2n) is 6.80. The van der Waals surface area contributed by atoms with Crippen LogP contribution in [0, 0.1) is 0 Å². The van der Waals surface area contributed by atoms with Gasteiger partial charge in [0.15, 0.2) is 0 Å². The Morgan fingerprint density at radius 1 is 0.500 bits per heavy atom. The average molecular weight is 524 g/mol. The van der Waals surface area contributed by atoms with E-state index in [1.54, 1.807) is 0 Å². The second kappa shape index (κ2) is 7.66. The van der Waals surface area contributed by atoms with Gasteiger partial charge in [0.05, 0.1) is 0 Å². The maximum Gasteiger partial charge on any atom is 0.460 e. The number of benzene rings is 2. The first-order chi connectivity index (χ1) is 15.0. The fourth-order valence-corrected chi connectivity index (χ4v) is 2.70. The molecule has 0 fully saturated rings. The quantitative estimate of drug-likeness (QED) is 0.273. The first-order valence-corrected chi connectivity index (χ1v) is 8.36. The molecule has 0 aliphatic heterocycles. The van der Waals surface area contributed by atoms with Gasteiger partial charge in [-0.3, -0.25) is 4.79 Å². The number of fused-ring (bicyclic) bond motifs is 1. The number of Topliss-reactive ketones (excluding diaryl/α,β-unsaturated/α-hetero) is 1. The number of hydrogen-bond acceptors (Lipinski definition) is 1. The second-order valence-corrected chi connectivity index (χ2v) is 6.80. The number of halogens is 15. The van der Waals surface area contributed by atoms with Gasteiger partial charge in [-0.25, -0.2) is 0 Å². The maximum atomic E-state index is 14.2. The molecule has 0 bridgehead atoms. The molecule has 0 saturated carbocycles. The minimum Gasteiger partial charge on any atom is -0.287 e. The molecule has 0 N–H and O–H groups in total. The van der Waals surface area contributed by atoms with E-state index in [1.165, 1.54) is 6.07 Å². The number of alkyl halides is 15. The molecule has 2 aromatic rings. The van der Waals surface area contributed by atoms with Crippen LogP contribution >= 0.6 is 0 Å². The highest BCUT2D eigenvalue weighted by Gasteiger charge is 2.93. The molecule has 0 aliphatic carbocycles. The van der Waals surface area contributed by atoms with Crippen LogP contribution in [0.2, 0.25) is 0 Å². The van der Waals surface area contributed by atoms with Crippen molar-refractivity contribution in [1.82, 2.24) is 0 Å². The molecule has 0 aliphatic rings. The van der Waals surface area contributed by atoms with Crippen molar-refractivity contribution in [3.8, 4) is 0 Å². The number of hydrogen-bond donors (Lipinski definition) is 0. The van der Waals surface area contributed by atoms with Crippen molar-refractivity contribution < 1.29 is 70.7 Å². The van der Waals surface area contributed by atoms with Crippen molar-refractivity contribution in [1.29, 1.82) is 0 Å². The molecule has 0 aromatic heterocycles. The van der Waals surface area contributed by atoms with E-state index in [-0.39, 0.29) is 5.39 Å². The molecule has 34 heavy (non-hydrogen) atoms. The lowest BCUT2D eigenvalue weighted by atomic mass is 9.87. The van der Waals surface area contributed by atoms with E-state index in [0.29, 0.717) is 6.07 Å². The summed E-state index contributed by atoms with van der Waals surface area (Å²) in [5.41, 5.74) is -1.49. The summed E-state index contributed by atoms with van der Waals surface area (Å²) in [6, 6.07) is 6.40. The number of ketones is 1. The monoisotopic (exact) mass is 524 g/mol. The summed E-state index contributed by atoms with van der Waals surface area (Å²) in [7, 11) is 0. The molecular weight excluding hydrogens is 517 g/mol. The Morgan fingerprint density at radius 2 is 0.912 bits per heavy atom. The summed E-state index contributed by atoms with van der Waals surface area (Å²) in [6.07, 6.45) is -7.69. The molecular formula is C18H7F15O. The summed E-state index contributed by atoms with van der Waals surface area (Å²) < 4.78 is 199. The van der Waals surface area contributed by atoms with Crippen LogP contribution in [0.3, 0.4) is 0 Å².